The number of aliphatic hydroxyl groups excluding tert-OH is 1. The summed E-state index contributed by atoms with van der Waals surface area (Å²) in [5.74, 6) is 6.09. The highest BCUT2D eigenvalue weighted by Gasteiger charge is 2.27. The van der Waals surface area contributed by atoms with Crippen LogP contribution in [0.3, 0.4) is 0 Å². The van der Waals surface area contributed by atoms with Crippen LogP contribution < -0.4 is 4.74 Å². The Labute approximate surface area is 115 Å². The number of aryl methyl sites for hydroxylation is 1. The molecule has 1 N–H and O–H groups in total. The Hall–Kier alpha value is -1.71. The molecule has 0 aromatic heterocycles. The average molecular weight is 288 g/mol. The maximum Gasteiger partial charge on any atom is 0.411 e. The van der Waals surface area contributed by atoms with E-state index in [1.165, 1.54) is 0 Å². The number of ether oxygens (including phenoxy) is 2. The molecule has 0 heterocycles. The fourth-order valence-electron chi connectivity index (χ4n) is 1.35. The summed E-state index contributed by atoms with van der Waals surface area (Å²) in [6, 6.07) is 4.98. The van der Waals surface area contributed by atoms with E-state index in [1.54, 1.807) is 18.2 Å². The molecule has 6 heteroatoms. The van der Waals surface area contributed by atoms with Crippen LogP contribution in [0.1, 0.15) is 17.5 Å². The molecule has 0 aliphatic carbocycles. The topological polar surface area (TPSA) is 38.7 Å². The van der Waals surface area contributed by atoms with E-state index in [0.717, 1.165) is 11.1 Å². The third kappa shape index (κ3) is 6.45. The van der Waals surface area contributed by atoms with Gasteiger partial charge in [-0.05, 0) is 30.7 Å². The second-order valence-corrected chi connectivity index (χ2v) is 3.98. The Morgan fingerprint density at radius 2 is 2.05 bits per heavy atom. The van der Waals surface area contributed by atoms with Crippen LogP contribution in [0.5, 0.6) is 5.75 Å². The molecule has 0 aliphatic rings. The zero-order valence-corrected chi connectivity index (χ0v) is 11.0. The Morgan fingerprint density at radius 1 is 1.30 bits per heavy atom. The van der Waals surface area contributed by atoms with Gasteiger partial charge in [-0.1, -0.05) is 11.8 Å². The number of benzene rings is 1. The van der Waals surface area contributed by atoms with Gasteiger partial charge < -0.3 is 14.6 Å². The molecule has 0 amide bonds. The lowest BCUT2D eigenvalue weighted by molar-refractivity contribution is -0.186. The molecule has 0 fully saturated rings. The maximum atomic E-state index is 11.8. The highest BCUT2D eigenvalue weighted by Crippen LogP contribution is 2.18. The molecule has 20 heavy (non-hydrogen) atoms. The molecule has 110 valence electrons. The highest BCUT2D eigenvalue weighted by molar-refractivity contribution is 5.44. The number of aliphatic hydroxyl groups is 1. The summed E-state index contributed by atoms with van der Waals surface area (Å²) >= 11 is 0. The average Bonchev–Trinajstić information content (AvgIpc) is 2.36. The third-order valence-electron chi connectivity index (χ3n) is 2.23. The second kappa shape index (κ2) is 7.78. The summed E-state index contributed by atoms with van der Waals surface area (Å²) in [4.78, 5) is 0. The second-order valence-electron chi connectivity index (χ2n) is 3.98. The van der Waals surface area contributed by atoms with Crippen molar-refractivity contribution in [2.45, 2.75) is 19.5 Å². The predicted octanol–water partition coefficient (Wildman–Crippen LogP) is 2.64. The molecule has 1 rings (SSSR count). The summed E-state index contributed by atoms with van der Waals surface area (Å²) in [5, 5.41) is 8.62. The van der Waals surface area contributed by atoms with Crippen LogP contribution in [-0.2, 0) is 4.74 Å². The van der Waals surface area contributed by atoms with Gasteiger partial charge in [0.2, 0.25) is 0 Å². The standard InChI is InChI=1S/C14H15F3O3/c1-11-8-13(20-10-19-9-14(15,16)17)6-5-12(11)4-2-3-7-18/h5-6,8,18H,3,7,9-10H2,1H3. The van der Waals surface area contributed by atoms with Crippen LogP contribution in [-0.4, -0.2) is 31.3 Å². The largest absolute Gasteiger partial charge is 0.468 e. The van der Waals surface area contributed by atoms with E-state index in [9.17, 15) is 13.2 Å². The summed E-state index contributed by atoms with van der Waals surface area (Å²) in [5.41, 5.74) is 1.62. The van der Waals surface area contributed by atoms with Crippen molar-refractivity contribution in [2.24, 2.45) is 0 Å². The van der Waals surface area contributed by atoms with E-state index in [-0.39, 0.29) is 6.61 Å². The van der Waals surface area contributed by atoms with Crippen molar-refractivity contribution < 1.29 is 27.8 Å². The molecule has 0 aliphatic heterocycles. The van der Waals surface area contributed by atoms with Crippen LogP contribution in [0, 0.1) is 18.8 Å². The van der Waals surface area contributed by atoms with Gasteiger partial charge in [-0.15, -0.1) is 0 Å². The van der Waals surface area contributed by atoms with Crippen LogP contribution in [0.15, 0.2) is 18.2 Å². The van der Waals surface area contributed by atoms with Gasteiger partial charge in [0, 0.05) is 12.0 Å². The first-order valence-electron chi connectivity index (χ1n) is 5.90. The van der Waals surface area contributed by atoms with Crippen molar-refractivity contribution >= 4 is 0 Å². The van der Waals surface area contributed by atoms with E-state index in [4.69, 9.17) is 9.84 Å². The van der Waals surface area contributed by atoms with E-state index in [0.29, 0.717) is 12.2 Å². The first kappa shape index (κ1) is 16.3. The smallest absolute Gasteiger partial charge is 0.411 e. The van der Waals surface area contributed by atoms with Crippen LogP contribution >= 0.6 is 0 Å². The summed E-state index contributed by atoms with van der Waals surface area (Å²) in [6.45, 7) is 0.0152. The summed E-state index contributed by atoms with van der Waals surface area (Å²) in [7, 11) is 0. The molecule has 0 unspecified atom stereocenters. The SMILES string of the molecule is Cc1cc(OCOCC(F)(F)F)ccc1C#CCCO. The number of rotatable bonds is 5. The number of halogens is 3. The van der Waals surface area contributed by atoms with E-state index >= 15 is 0 Å². The van der Waals surface area contributed by atoms with Gasteiger partial charge in [-0.2, -0.15) is 13.2 Å². The molecular weight excluding hydrogens is 273 g/mol. The van der Waals surface area contributed by atoms with Gasteiger partial charge in [0.05, 0.1) is 6.61 Å². The minimum atomic E-state index is -4.36. The zero-order chi connectivity index (χ0) is 15.0. The molecule has 0 atom stereocenters. The first-order chi connectivity index (χ1) is 9.42. The molecule has 1 aromatic rings. The molecule has 0 radical (unpaired) electrons. The molecule has 0 saturated carbocycles. The van der Waals surface area contributed by atoms with E-state index in [2.05, 4.69) is 16.6 Å². The number of alkyl halides is 3. The van der Waals surface area contributed by atoms with Crippen molar-refractivity contribution in [3.8, 4) is 17.6 Å². The Bertz CT molecular complexity index is 487. The third-order valence-corrected chi connectivity index (χ3v) is 2.23. The molecule has 1 aromatic carbocycles. The maximum absolute atomic E-state index is 11.8. The Morgan fingerprint density at radius 3 is 2.65 bits per heavy atom. The van der Waals surface area contributed by atoms with E-state index < -0.39 is 19.6 Å². The van der Waals surface area contributed by atoms with Crippen molar-refractivity contribution in [1.29, 1.82) is 0 Å². The number of hydrogen-bond acceptors (Lipinski definition) is 3. The van der Waals surface area contributed by atoms with Gasteiger partial charge in [0.15, 0.2) is 6.79 Å². The van der Waals surface area contributed by atoms with Crippen LogP contribution in [0.25, 0.3) is 0 Å². The zero-order valence-electron chi connectivity index (χ0n) is 11.0. The van der Waals surface area contributed by atoms with Gasteiger partial charge >= 0.3 is 6.18 Å². The Balaban J connectivity index is 2.50. The summed E-state index contributed by atoms with van der Waals surface area (Å²) in [6.07, 6.45) is -3.96. The van der Waals surface area contributed by atoms with Crippen molar-refractivity contribution in [3.63, 3.8) is 0 Å². The lowest BCUT2D eigenvalue weighted by Crippen LogP contribution is -2.19. The Kier molecular flexibility index (Phi) is 6.36. The fraction of sp³-hybridized carbons (Fsp3) is 0.429. The monoisotopic (exact) mass is 288 g/mol. The van der Waals surface area contributed by atoms with Gasteiger partial charge in [0.25, 0.3) is 0 Å². The lowest BCUT2D eigenvalue weighted by atomic mass is 10.1. The molecule has 0 saturated heterocycles. The summed E-state index contributed by atoms with van der Waals surface area (Å²) < 4.78 is 44.9. The van der Waals surface area contributed by atoms with Gasteiger partial charge in [-0.3, -0.25) is 0 Å². The number of hydrogen-bond donors (Lipinski definition) is 1. The first-order valence-corrected chi connectivity index (χ1v) is 5.90. The van der Waals surface area contributed by atoms with Gasteiger partial charge in [-0.25, -0.2) is 0 Å². The quantitative estimate of drug-likeness (QED) is 0.514. The van der Waals surface area contributed by atoms with Crippen molar-refractivity contribution in [1.82, 2.24) is 0 Å². The molecule has 0 spiro atoms. The fourth-order valence-corrected chi connectivity index (χ4v) is 1.35. The minimum Gasteiger partial charge on any atom is -0.468 e. The van der Waals surface area contributed by atoms with Crippen molar-refractivity contribution in [2.75, 3.05) is 20.0 Å². The van der Waals surface area contributed by atoms with Crippen LogP contribution in [0.4, 0.5) is 13.2 Å². The van der Waals surface area contributed by atoms with Crippen LogP contribution in [0.2, 0.25) is 0 Å². The highest BCUT2D eigenvalue weighted by atomic mass is 19.4. The van der Waals surface area contributed by atoms with Crippen molar-refractivity contribution in [3.05, 3.63) is 29.3 Å². The normalized spacial score (nSPS) is 10.8. The predicted molar refractivity (Wildman–Crippen MR) is 67.3 cm³/mol. The lowest BCUT2D eigenvalue weighted by Gasteiger charge is -2.10. The minimum absolute atomic E-state index is 0.00376. The van der Waals surface area contributed by atoms with E-state index in [1.807, 2.05) is 6.92 Å². The molecule has 3 nitrogen and oxygen atoms in total. The molecular formula is C14H15F3O3. The van der Waals surface area contributed by atoms with Gasteiger partial charge in [0.1, 0.15) is 12.4 Å². The molecule has 0 bridgehead atoms.